The number of pyridine rings is 1. The summed E-state index contributed by atoms with van der Waals surface area (Å²) in [6.45, 7) is 0. The molecule has 1 nitrogen and oxygen atoms in total. The Morgan fingerprint density at radius 3 is 2.65 bits per heavy atom. The second kappa shape index (κ2) is 5.85. The van der Waals surface area contributed by atoms with Crippen LogP contribution in [0.5, 0.6) is 0 Å². The van der Waals surface area contributed by atoms with Crippen LogP contribution in [0.3, 0.4) is 0 Å². The fourth-order valence-electron chi connectivity index (χ4n) is 1.57. The molecule has 0 bridgehead atoms. The summed E-state index contributed by atoms with van der Waals surface area (Å²) in [5.74, 6) is 0. The number of aromatic nitrogens is 1. The summed E-state index contributed by atoms with van der Waals surface area (Å²) in [4.78, 5) is 4.43. The van der Waals surface area contributed by atoms with E-state index in [1.54, 1.807) is 12.3 Å². The highest BCUT2D eigenvalue weighted by Crippen LogP contribution is 2.33. The van der Waals surface area contributed by atoms with Gasteiger partial charge in [0, 0.05) is 33.2 Å². The Kier molecular flexibility index (Phi) is 4.43. The Balaban J connectivity index is 2.17. The molecule has 1 unspecified atom stereocenters. The molecule has 1 atom stereocenters. The third-order valence-electron chi connectivity index (χ3n) is 2.41. The molecule has 0 aliphatic carbocycles. The summed E-state index contributed by atoms with van der Waals surface area (Å²) in [5, 5.41) is 1.33. The monoisotopic (exact) mass is 329 g/mol. The maximum absolute atomic E-state index is 6.16. The molecular formula is C13H10BrCl2N. The molecule has 0 aliphatic rings. The maximum Gasteiger partial charge on any atom is 0.0465 e. The molecule has 17 heavy (non-hydrogen) atoms. The highest BCUT2D eigenvalue weighted by atomic mass is 79.9. The van der Waals surface area contributed by atoms with Gasteiger partial charge in [0.05, 0.1) is 0 Å². The molecule has 4 heteroatoms. The van der Waals surface area contributed by atoms with E-state index in [0.717, 1.165) is 17.7 Å². The summed E-state index contributed by atoms with van der Waals surface area (Å²) in [6.07, 6.45) is 2.58. The van der Waals surface area contributed by atoms with Gasteiger partial charge in [0.1, 0.15) is 0 Å². The molecule has 88 valence electrons. The Bertz CT molecular complexity index is 502. The predicted octanol–water partition coefficient (Wildman–Crippen LogP) is 5.07. The van der Waals surface area contributed by atoms with Crippen LogP contribution in [0.4, 0.5) is 0 Å². The van der Waals surface area contributed by atoms with Crippen molar-refractivity contribution in [1.29, 1.82) is 0 Å². The van der Waals surface area contributed by atoms with Gasteiger partial charge in [-0.25, -0.2) is 0 Å². The lowest BCUT2D eigenvalue weighted by Crippen LogP contribution is -1.98. The smallest absolute Gasteiger partial charge is 0.0465 e. The van der Waals surface area contributed by atoms with Gasteiger partial charge in [-0.2, -0.15) is 0 Å². The average Bonchev–Trinajstić information content (AvgIpc) is 2.30. The summed E-state index contributed by atoms with van der Waals surface area (Å²) >= 11 is 15.7. The Labute approximate surface area is 119 Å². The summed E-state index contributed by atoms with van der Waals surface area (Å²) < 4.78 is 0. The van der Waals surface area contributed by atoms with Crippen LogP contribution >= 0.6 is 39.1 Å². The number of alkyl halides is 1. The third kappa shape index (κ3) is 3.44. The number of rotatable bonds is 3. The van der Waals surface area contributed by atoms with Crippen LogP contribution in [0.2, 0.25) is 10.0 Å². The van der Waals surface area contributed by atoms with Crippen LogP contribution in [-0.2, 0) is 6.42 Å². The van der Waals surface area contributed by atoms with Crippen molar-refractivity contribution in [2.24, 2.45) is 0 Å². The lowest BCUT2D eigenvalue weighted by Gasteiger charge is -2.11. The topological polar surface area (TPSA) is 12.9 Å². The van der Waals surface area contributed by atoms with Crippen LogP contribution < -0.4 is 0 Å². The van der Waals surface area contributed by atoms with Gasteiger partial charge in [0.15, 0.2) is 0 Å². The van der Waals surface area contributed by atoms with Gasteiger partial charge >= 0.3 is 0 Å². The zero-order chi connectivity index (χ0) is 12.3. The lowest BCUT2D eigenvalue weighted by atomic mass is 10.1. The van der Waals surface area contributed by atoms with Crippen molar-refractivity contribution in [3.05, 3.63) is 63.9 Å². The number of halogens is 3. The normalized spacial score (nSPS) is 12.4. The Morgan fingerprint density at radius 1 is 1.18 bits per heavy atom. The predicted molar refractivity (Wildman–Crippen MR) is 76.1 cm³/mol. The number of hydrogen-bond donors (Lipinski definition) is 0. The van der Waals surface area contributed by atoms with Gasteiger partial charge in [-0.15, -0.1) is 0 Å². The van der Waals surface area contributed by atoms with Crippen molar-refractivity contribution < 1.29 is 0 Å². The molecule has 0 fully saturated rings. The zero-order valence-corrected chi connectivity index (χ0v) is 12.0. The van der Waals surface area contributed by atoms with Crippen LogP contribution in [0, 0.1) is 0 Å². The van der Waals surface area contributed by atoms with Gasteiger partial charge in [-0.1, -0.05) is 51.3 Å². The largest absolute Gasteiger partial charge is 0.261 e. The van der Waals surface area contributed by atoms with Crippen LogP contribution in [0.15, 0.2) is 42.6 Å². The molecule has 0 spiro atoms. The molecule has 0 amide bonds. The fourth-order valence-corrected chi connectivity index (χ4v) is 2.97. The van der Waals surface area contributed by atoms with E-state index in [0.29, 0.717) is 10.0 Å². The first-order valence-electron chi connectivity index (χ1n) is 5.16. The number of benzene rings is 1. The van der Waals surface area contributed by atoms with Crippen molar-refractivity contribution in [3.63, 3.8) is 0 Å². The quantitative estimate of drug-likeness (QED) is 0.716. The van der Waals surface area contributed by atoms with Gasteiger partial charge in [-0.3, -0.25) is 4.98 Å². The first-order chi connectivity index (χ1) is 8.16. The molecular weight excluding hydrogens is 321 g/mol. The van der Waals surface area contributed by atoms with E-state index in [1.807, 2.05) is 30.3 Å². The molecule has 1 aromatic carbocycles. The van der Waals surface area contributed by atoms with Crippen molar-refractivity contribution in [2.45, 2.75) is 11.2 Å². The van der Waals surface area contributed by atoms with Crippen molar-refractivity contribution in [2.75, 3.05) is 0 Å². The van der Waals surface area contributed by atoms with E-state index < -0.39 is 0 Å². The SMILES string of the molecule is Clc1ccc(C(Br)Cc2ccccn2)c(Cl)c1. The molecule has 2 aromatic rings. The Morgan fingerprint density at radius 2 is 2.00 bits per heavy atom. The van der Waals surface area contributed by atoms with Gasteiger partial charge in [0.2, 0.25) is 0 Å². The molecule has 0 radical (unpaired) electrons. The first kappa shape index (κ1) is 12.9. The molecule has 0 saturated heterocycles. The van der Waals surface area contributed by atoms with E-state index >= 15 is 0 Å². The summed E-state index contributed by atoms with van der Waals surface area (Å²) in [7, 11) is 0. The number of hydrogen-bond acceptors (Lipinski definition) is 1. The highest BCUT2D eigenvalue weighted by Gasteiger charge is 2.12. The minimum Gasteiger partial charge on any atom is -0.261 e. The van der Waals surface area contributed by atoms with Crippen molar-refractivity contribution >= 4 is 39.1 Å². The molecule has 0 saturated carbocycles. The molecule has 1 aromatic heterocycles. The average molecular weight is 331 g/mol. The van der Waals surface area contributed by atoms with Crippen molar-refractivity contribution in [1.82, 2.24) is 4.98 Å². The van der Waals surface area contributed by atoms with Crippen LogP contribution in [0.1, 0.15) is 16.1 Å². The maximum atomic E-state index is 6.16. The molecule has 1 heterocycles. The zero-order valence-electron chi connectivity index (χ0n) is 8.91. The second-order valence-electron chi connectivity index (χ2n) is 3.66. The Hall–Kier alpha value is -0.570. The van der Waals surface area contributed by atoms with E-state index in [1.165, 1.54) is 0 Å². The summed E-state index contributed by atoms with van der Waals surface area (Å²) in [5.41, 5.74) is 2.06. The first-order valence-corrected chi connectivity index (χ1v) is 6.83. The van der Waals surface area contributed by atoms with E-state index in [9.17, 15) is 0 Å². The van der Waals surface area contributed by atoms with Crippen LogP contribution in [0.25, 0.3) is 0 Å². The van der Waals surface area contributed by atoms with Crippen LogP contribution in [-0.4, -0.2) is 4.98 Å². The third-order valence-corrected chi connectivity index (χ3v) is 3.79. The van der Waals surface area contributed by atoms with Gasteiger partial charge < -0.3 is 0 Å². The lowest BCUT2D eigenvalue weighted by molar-refractivity contribution is 0.905. The van der Waals surface area contributed by atoms with Gasteiger partial charge in [0.25, 0.3) is 0 Å². The van der Waals surface area contributed by atoms with Crippen molar-refractivity contribution in [3.8, 4) is 0 Å². The molecule has 0 N–H and O–H groups in total. The van der Waals surface area contributed by atoms with Gasteiger partial charge in [-0.05, 0) is 29.8 Å². The molecule has 2 rings (SSSR count). The fraction of sp³-hybridized carbons (Fsp3) is 0.154. The minimum absolute atomic E-state index is 0.141. The number of nitrogens with zero attached hydrogens (tertiary/aromatic N) is 1. The van der Waals surface area contributed by atoms with E-state index in [-0.39, 0.29) is 4.83 Å². The standard InChI is InChI=1S/C13H10BrCl2N/c14-12(8-10-3-1-2-6-17-10)11-5-4-9(15)7-13(11)16/h1-7,12H,8H2. The molecule has 0 aliphatic heterocycles. The van der Waals surface area contributed by atoms with E-state index in [2.05, 4.69) is 20.9 Å². The summed E-state index contributed by atoms with van der Waals surface area (Å²) in [6, 6.07) is 11.4. The van der Waals surface area contributed by atoms with E-state index in [4.69, 9.17) is 23.2 Å². The minimum atomic E-state index is 0.141. The second-order valence-corrected chi connectivity index (χ2v) is 5.61. The highest BCUT2D eigenvalue weighted by molar-refractivity contribution is 9.09.